The van der Waals surface area contributed by atoms with Crippen LogP contribution in [0.15, 0.2) is 17.0 Å². The van der Waals surface area contributed by atoms with Gasteiger partial charge in [-0.3, -0.25) is 0 Å². The molecule has 2 saturated heterocycles. The predicted molar refractivity (Wildman–Crippen MR) is 75.7 cm³/mol. The lowest BCUT2D eigenvalue weighted by Crippen LogP contribution is -2.53. The van der Waals surface area contributed by atoms with Crippen LogP contribution in [0, 0.1) is 5.92 Å². The van der Waals surface area contributed by atoms with Crippen LogP contribution >= 0.6 is 15.9 Å². The van der Waals surface area contributed by atoms with Crippen molar-refractivity contribution >= 4 is 21.7 Å². The first-order chi connectivity index (χ1) is 8.75. The van der Waals surface area contributed by atoms with Gasteiger partial charge in [0, 0.05) is 25.3 Å². The van der Waals surface area contributed by atoms with Crippen LogP contribution < -0.4 is 4.90 Å². The second kappa shape index (κ2) is 5.13. The maximum Gasteiger partial charge on any atom is 0.146 e. The van der Waals surface area contributed by atoms with E-state index in [-0.39, 0.29) is 0 Å². The van der Waals surface area contributed by atoms with Crippen molar-refractivity contribution in [2.45, 2.75) is 25.3 Å². The van der Waals surface area contributed by atoms with E-state index in [0.717, 1.165) is 22.8 Å². The Balaban J connectivity index is 1.86. The van der Waals surface area contributed by atoms with Crippen LogP contribution in [-0.2, 0) is 0 Å². The first-order valence-electron chi connectivity index (χ1n) is 6.66. The summed E-state index contributed by atoms with van der Waals surface area (Å²) in [4.78, 5) is 13.5. The SMILES string of the molecule is CN1CC[C@H]2[C@@H](CCCN2c2ncncc2Br)C1. The molecule has 2 aliphatic heterocycles. The lowest BCUT2D eigenvalue weighted by atomic mass is 9.84. The lowest BCUT2D eigenvalue weighted by molar-refractivity contribution is 0.154. The van der Waals surface area contributed by atoms with Gasteiger partial charge in [0.05, 0.1) is 4.47 Å². The average Bonchev–Trinajstić information content (AvgIpc) is 2.38. The molecule has 0 amide bonds. The number of nitrogens with zero attached hydrogens (tertiary/aromatic N) is 4. The molecule has 4 nitrogen and oxygen atoms in total. The third-order valence-corrected chi connectivity index (χ3v) is 4.75. The molecular weight excluding hydrogens is 292 g/mol. The minimum absolute atomic E-state index is 0.654. The summed E-state index contributed by atoms with van der Waals surface area (Å²) < 4.78 is 1.02. The van der Waals surface area contributed by atoms with Crippen LogP contribution in [0.3, 0.4) is 0 Å². The molecule has 5 heteroatoms. The molecule has 18 heavy (non-hydrogen) atoms. The smallest absolute Gasteiger partial charge is 0.146 e. The minimum atomic E-state index is 0.654. The number of fused-ring (bicyclic) bond motifs is 1. The average molecular weight is 311 g/mol. The maximum atomic E-state index is 4.47. The van der Waals surface area contributed by atoms with E-state index in [1.807, 2.05) is 6.20 Å². The second-order valence-corrected chi connectivity index (χ2v) is 6.26. The van der Waals surface area contributed by atoms with Crippen LogP contribution in [0.1, 0.15) is 19.3 Å². The van der Waals surface area contributed by atoms with Gasteiger partial charge in [-0.25, -0.2) is 9.97 Å². The van der Waals surface area contributed by atoms with E-state index in [1.54, 1.807) is 6.33 Å². The highest BCUT2D eigenvalue weighted by Gasteiger charge is 2.36. The Labute approximate surface area is 117 Å². The Morgan fingerprint density at radius 2 is 2.22 bits per heavy atom. The fourth-order valence-electron chi connectivity index (χ4n) is 3.37. The first kappa shape index (κ1) is 12.4. The van der Waals surface area contributed by atoms with Crippen LogP contribution in [0.5, 0.6) is 0 Å². The molecule has 0 aliphatic carbocycles. The van der Waals surface area contributed by atoms with Crippen molar-refractivity contribution in [3.63, 3.8) is 0 Å². The Morgan fingerprint density at radius 3 is 3.06 bits per heavy atom. The fraction of sp³-hybridized carbons (Fsp3) is 0.692. The normalized spacial score (nSPS) is 29.1. The summed E-state index contributed by atoms with van der Waals surface area (Å²) in [5.74, 6) is 1.86. The molecule has 2 aliphatic rings. The van der Waals surface area contributed by atoms with E-state index in [9.17, 15) is 0 Å². The standard InChI is InChI=1S/C13H19BrN4/c1-17-6-4-12-10(8-17)3-2-5-18(12)13-11(14)7-15-9-16-13/h7,9-10,12H,2-6,8H2,1H3/t10-,12-/m0/s1. The number of rotatable bonds is 1. The molecule has 0 radical (unpaired) electrons. The molecule has 0 aromatic carbocycles. The summed E-state index contributed by atoms with van der Waals surface area (Å²) in [6.07, 6.45) is 7.37. The van der Waals surface area contributed by atoms with Gasteiger partial charge in [-0.2, -0.15) is 0 Å². The molecule has 0 N–H and O–H groups in total. The molecule has 0 bridgehead atoms. The summed E-state index contributed by atoms with van der Waals surface area (Å²) in [5.41, 5.74) is 0. The quantitative estimate of drug-likeness (QED) is 0.795. The number of hydrogen-bond acceptors (Lipinski definition) is 4. The fourth-order valence-corrected chi connectivity index (χ4v) is 3.81. The van der Waals surface area contributed by atoms with Crippen LogP contribution in [0.2, 0.25) is 0 Å². The topological polar surface area (TPSA) is 32.3 Å². The van der Waals surface area contributed by atoms with Gasteiger partial charge < -0.3 is 9.80 Å². The van der Waals surface area contributed by atoms with Crippen LogP contribution in [0.4, 0.5) is 5.82 Å². The van der Waals surface area contributed by atoms with E-state index >= 15 is 0 Å². The van der Waals surface area contributed by atoms with E-state index in [1.165, 1.54) is 32.4 Å². The number of anilines is 1. The van der Waals surface area contributed by atoms with Crippen molar-refractivity contribution in [3.05, 3.63) is 17.0 Å². The molecular formula is C13H19BrN4. The lowest BCUT2D eigenvalue weighted by Gasteiger charge is -2.47. The maximum absolute atomic E-state index is 4.47. The predicted octanol–water partition coefficient (Wildman–Crippen LogP) is 2.16. The Morgan fingerprint density at radius 1 is 1.33 bits per heavy atom. The van der Waals surface area contributed by atoms with E-state index in [4.69, 9.17) is 0 Å². The van der Waals surface area contributed by atoms with Crippen molar-refractivity contribution in [2.75, 3.05) is 31.6 Å². The largest absolute Gasteiger partial charge is 0.352 e. The highest BCUT2D eigenvalue weighted by Crippen LogP contribution is 2.35. The van der Waals surface area contributed by atoms with E-state index < -0.39 is 0 Å². The summed E-state index contributed by atoms with van der Waals surface area (Å²) in [6.45, 7) is 3.55. The van der Waals surface area contributed by atoms with Gasteiger partial charge in [0.1, 0.15) is 12.1 Å². The minimum Gasteiger partial charge on any atom is -0.352 e. The molecule has 0 saturated carbocycles. The van der Waals surface area contributed by atoms with Gasteiger partial charge in [-0.15, -0.1) is 0 Å². The van der Waals surface area contributed by atoms with Gasteiger partial charge in [-0.05, 0) is 54.7 Å². The second-order valence-electron chi connectivity index (χ2n) is 5.41. The van der Waals surface area contributed by atoms with Crippen molar-refractivity contribution < 1.29 is 0 Å². The van der Waals surface area contributed by atoms with Crippen LogP contribution in [-0.4, -0.2) is 47.6 Å². The number of likely N-dealkylation sites (tertiary alicyclic amines) is 1. The van der Waals surface area contributed by atoms with Gasteiger partial charge in [0.15, 0.2) is 0 Å². The molecule has 1 aromatic heterocycles. The van der Waals surface area contributed by atoms with Crippen molar-refractivity contribution in [3.8, 4) is 0 Å². The van der Waals surface area contributed by atoms with Crippen molar-refractivity contribution in [2.24, 2.45) is 5.92 Å². The first-order valence-corrected chi connectivity index (χ1v) is 7.45. The van der Waals surface area contributed by atoms with Crippen molar-refractivity contribution in [1.29, 1.82) is 0 Å². The monoisotopic (exact) mass is 310 g/mol. The van der Waals surface area contributed by atoms with E-state index in [0.29, 0.717) is 6.04 Å². The molecule has 0 unspecified atom stereocenters. The number of aromatic nitrogens is 2. The summed E-state index contributed by atoms with van der Waals surface area (Å²) in [6, 6.07) is 0.654. The van der Waals surface area contributed by atoms with Crippen LogP contribution in [0.25, 0.3) is 0 Å². The summed E-state index contributed by atoms with van der Waals surface area (Å²) in [7, 11) is 2.23. The highest BCUT2D eigenvalue weighted by molar-refractivity contribution is 9.10. The summed E-state index contributed by atoms with van der Waals surface area (Å²) in [5, 5.41) is 0. The van der Waals surface area contributed by atoms with Gasteiger partial charge >= 0.3 is 0 Å². The zero-order chi connectivity index (χ0) is 12.5. The number of hydrogen-bond donors (Lipinski definition) is 0. The Bertz CT molecular complexity index is 425. The molecule has 2 fully saturated rings. The Hall–Kier alpha value is -0.680. The number of piperidine rings is 2. The third-order valence-electron chi connectivity index (χ3n) is 4.19. The van der Waals surface area contributed by atoms with Gasteiger partial charge in [0.2, 0.25) is 0 Å². The third kappa shape index (κ3) is 2.26. The van der Waals surface area contributed by atoms with Gasteiger partial charge in [-0.1, -0.05) is 0 Å². The van der Waals surface area contributed by atoms with Gasteiger partial charge in [0.25, 0.3) is 0 Å². The molecule has 1 aromatic rings. The zero-order valence-corrected chi connectivity index (χ0v) is 12.3. The molecule has 0 spiro atoms. The molecule has 2 atom stereocenters. The van der Waals surface area contributed by atoms with E-state index in [2.05, 4.69) is 42.7 Å². The number of halogens is 1. The molecule has 3 rings (SSSR count). The zero-order valence-electron chi connectivity index (χ0n) is 10.7. The molecule has 3 heterocycles. The Kier molecular flexibility index (Phi) is 3.52. The summed E-state index contributed by atoms with van der Waals surface area (Å²) >= 11 is 3.58. The highest BCUT2D eigenvalue weighted by atomic mass is 79.9. The molecule has 98 valence electrons. The van der Waals surface area contributed by atoms with Crippen molar-refractivity contribution in [1.82, 2.24) is 14.9 Å².